The zero-order valence-corrected chi connectivity index (χ0v) is 32.4. The van der Waals surface area contributed by atoms with Gasteiger partial charge in [0.15, 0.2) is 0 Å². The number of carbonyl (C=O) groups excluding carboxylic acids is 3. The van der Waals surface area contributed by atoms with E-state index in [0.29, 0.717) is 44.7 Å². The first-order chi connectivity index (χ1) is 26.9. The second-order valence-electron chi connectivity index (χ2n) is 15.9. The van der Waals surface area contributed by atoms with E-state index in [1.54, 1.807) is 9.47 Å². The van der Waals surface area contributed by atoms with Gasteiger partial charge in [-0.15, -0.1) is 0 Å². The van der Waals surface area contributed by atoms with Gasteiger partial charge in [0.1, 0.15) is 12.6 Å². The molecule has 11 nitrogen and oxygen atoms in total. The van der Waals surface area contributed by atoms with E-state index >= 15 is 0 Å². The van der Waals surface area contributed by atoms with Crippen molar-refractivity contribution < 1.29 is 28.6 Å². The number of nitrogens with zero attached hydrogens (tertiary/aromatic N) is 4. The molecule has 3 aromatic rings. The molecule has 55 heavy (non-hydrogen) atoms. The minimum Gasteiger partial charge on any atom is -0.465 e. The fourth-order valence-electron chi connectivity index (χ4n) is 9.36. The third-order valence-corrected chi connectivity index (χ3v) is 12.3. The number of esters is 1. The van der Waals surface area contributed by atoms with Gasteiger partial charge in [0, 0.05) is 56.8 Å². The fourth-order valence-corrected chi connectivity index (χ4v) is 9.36. The maximum Gasteiger partial charge on any atom is 0.410 e. The molecular formula is C44H58N4O7. The van der Waals surface area contributed by atoms with Crippen LogP contribution in [0.1, 0.15) is 101 Å². The number of likely N-dealkylation sites (tertiary alicyclic amines) is 3. The standard InChI is InChI=1S/C44H58N4O7/c1-2-53-40(49)30-45-24-18-35(19-25-45)55-36-20-26-46(27-21-36)43(51)41(33-13-7-4-8-14-33)48-28-22-38-37(16-9-17-39(38)42(48)50)34-15-10-23-47(29-34)44(52)54-31-32-11-5-3-6-12-32/h3,5-6,9,11-12,16-17,22,28,33-36,41H,2,4,7-8,10,13-15,18-21,23-27,29-31H2,1H3/t34?,41-/m1/s1. The molecule has 4 fully saturated rings. The Labute approximate surface area is 324 Å². The van der Waals surface area contributed by atoms with Crippen molar-refractivity contribution in [1.82, 2.24) is 19.3 Å². The molecule has 296 valence electrons. The predicted molar refractivity (Wildman–Crippen MR) is 211 cm³/mol. The van der Waals surface area contributed by atoms with Crippen molar-refractivity contribution >= 4 is 28.7 Å². The number of benzene rings is 2. The molecule has 0 radical (unpaired) electrons. The maximum absolute atomic E-state index is 14.5. The molecule has 3 saturated heterocycles. The Morgan fingerprint density at radius 3 is 2.18 bits per heavy atom. The van der Waals surface area contributed by atoms with Gasteiger partial charge < -0.3 is 28.6 Å². The van der Waals surface area contributed by atoms with Crippen LogP contribution in [-0.4, -0.2) is 102 Å². The molecule has 3 aliphatic heterocycles. The van der Waals surface area contributed by atoms with Gasteiger partial charge in [0.05, 0.1) is 25.4 Å². The van der Waals surface area contributed by atoms with Gasteiger partial charge in [-0.1, -0.05) is 61.7 Å². The van der Waals surface area contributed by atoms with E-state index in [4.69, 9.17) is 14.2 Å². The highest BCUT2D eigenvalue weighted by atomic mass is 16.6. The maximum atomic E-state index is 14.5. The number of fused-ring (bicyclic) bond motifs is 1. The molecule has 2 amide bonds. The average molecular weight is 755 g/mol. The lowest BCUT2D eigenvalue weighted by Gasteiger charge is -2.39. The van der Waals surface area contributed by atoms with Crippen molar-refractivity contribution in [1.29, 1.82) is 0 Å². The Hall–Kier alpha value is -4.22. The van der Waals surface area contributed by atoms with Crippen LogP contribution in [-0.2, 0) is 30.4 Å². The Kier molecular flexibility index (Phi) is 13.2. The zero-order valence-electron chi connectivity index (χ0n) is 32.4. The normalized spacial score (nSPS) is 21.4. The first-order valence-electron chi connectivity index (χ1n) is 20.8. The molecule has 4 heterocycles. The zero-order chi connectivity index (χ0) is 38.1. The molecule has 11 heteroatoms. The van der Waals surface area contributed by atoms with Crippen LogP contribution < -0.4 is 5.56 Å². The molecule has 7 rings (SSSR count). The molecular weight excluding hydrogens is 697 g/mol. The Morgan fingerprint density at radius 2 is 1.45 bits per heavy atom. The van der Waals surface area contributed by atoms with Crippen LogP contribution in [0.15, 0.2) is 65.6 Å². The topological polar surface area (TPSA) is 111 Å². The molecule has 0 N–H and O–H groups in total. The summed E-state index contributed by atoms with van der Waals surface area (Å²) < 4.78 is 19.1. The molecule has 1 unspecified atom stereocenters. The number of carbonyl (C=O) groups is 3. The molecule has 1 saturated carbocycles. The van der Waals surface area contributed by atoms with E-state index < -0.39 is 6.04 Å². The van der Waals surface area contributed by atoms with Gasteiger partial charge in [-0.2, -0.15) is 0 Å². The SMILES string of the molecule is CCOC(=O)CN1CCC(OC2CCN(C(=O)[C@@H](C3CCCCC3)n3ccc4c(C5CCCN(C(=O)OCc6ccccc6)C5)cccc4c3=O)CC2)CC1. The summed E-state index contributed by atoms with van der Waals surface area (Å²) in [5, 5.41) is 1.52. The summed E-state index contributed by atoms with van der Waals surface area (Å²) in [5.41, 5.74) is 1.90. The molecule has 1 aliphatic carbocycles. The average Bonchev–Trinajstić information content (AvgIpc) is 3.22. The van der Waals surface area contributed by atoms with Crippen molar-refractivity contribution in [3.63, 3.8) is 0 Å². The van der Waals surface area contributed by atoms with E-state index in [0.717, 1.165) is 100 Å². The summed E-state index contributed by atoms with van der Waals surface area (Å²) in [7, 11) is 0. The highest BCUT2D eigenvalue weighted by Crippen LogP contribution is 2.36. The van der Waals surface area contributed by atoms with Crippen LogP contribution >= 0.6 is 0 Å². The molecule has 1 aromatic heterocycles. The van der Waals surface area contributed by atoms with Gasteiger partial charge >= 0.3 is 12.1 Å². The van der Waals surface area contributed by atoms with E-state index in [9.17, 15) is 19.2 Å². The Bertz CT molecular complexity index is 1810. The lowest BCUT2D eigenvalue weighted by atomic mass is 9.82. The molecule has 2 aromatic carbocycles. The summed E-state index contributed by atoms with van der Waals surface area (Å²) in [6.45, 7) is 6.84. The van der Waals surface area contributed by atoms with Crippen LogP contribution in [0.4, 0.5) is 4.79 Å². The first kappa shape index (κ1) is 39.0. The van der Waals surface area contributed by atoms with Gasteiger partial charge in [0.2, 0.25) is 5.91 Å². The number of piperidine rings is 3. The quantitative estimate of drug-likeness (QED) is 0.200. The second kappa shape index (κ2) is 18.6. The van der Waals surface area contributed by atoms with Crippen LogP contribution in [0.3, 0.4) is 0 Å². The van der Waals surface area contributed by atoms with Crippen molar-refractivity contribution in [2.24, 2.45) is 5.92 Å². The smallest absolute Gasteiger partial charge is 0.410 e. The molecule has 2 atom stereocenters. The van der Waals surface area contributed by atoms with Gasteiger partial charge in [-0.25, -0.2) is 4.79 Å². The number of pyridine rings is 1. The highest BCUT2D eigenvalue weighted by Gasteiger charge is 2.37. The minimum absolute atomic E-state index is 0.0483. The van der Waals surface area contributed by atoms with Crippen LogP contribution in [0.5, 0.6) is 0 Å². The monoisotopic (exact) mass is 754 g/mol. The van der Waals surface area contributed by atoms with E-state index in [-0.39, 0.29) is 54.2 Å². The number of rotatable bonds is 11. The third kappa shape index (κ3) is 9.60. The Morgan fingerprint density at radius 1 is 0.727 bits per heavy atom. The van der Waals surface area contributed by atoms with Gasteiger partial charge in [-0.3, -0.25) is 19.3 Å². The summed E-state index contributed by atoms with van der Waals surface area (Å²) in [6.07, 6.45) is 12.1. The summed E-state index contributed by atoms with van der Waals surface area (Å²) in [6, 6.07) is 17.1. The van der Waals surface area contributed by atoms with E-state index in [1.165, 1.54) is 0 Å². The van der Waals surface area contributed by atoms with Crippen LogP contribution in [0.25, 0.3) is 10.8 Å². The third-order valence-electron chi connectivity index (χ3n) is 12.3. The summed E-state index contributed by atoms with van der Waals surface area (Å²) >= 11 is 0. The highest BCUT2D eigenvalue weighted by molar-refractivity contribution is 5.87. The van der Waals surface area contributed by atoms with Gasteiger partial charge in [-0.05, 0) is 92.9 Å². The number of amides is 2. The van der Waals surface area contributed by atoms with Crippen molar-refractivity contribution in [2.75, 3.05) is 52.4 Å². The summed E-state index contributed by atoms with van der Waals surface area (Å²) in [4.78, 5) is 59.9. The fraction of sp³-hybridized carbons (Fsp3) is 0.591. The van der Waals surface area contributed by atoms with Crippen molar-refractivity contribution in [3.05, 3.63) is 82.3 Å². The molecule has 4 aliphatic rings. The Balaban J connectivity index is 1.01. The van der Waals surface area contributed by atoms with Crippen molar-refractivity contribution in [2.45, 2.75) is 108 Å². The van der Waals surface area contributed by atoms with Crippen molar-refractivity contribution in [3.8, 4) is 0 Å². The van der Waals surface area contributed by atoms with Crippen LogP contribution in [0, 0.1) is 5.92 Å². The van der Waals surface area contributed by atoms with Crippen LogP contribution in [0.2, 0.25) is 0 Å². The minimum atomic E-state index is -0.536. The number of aromatic nitrogens is 1. The predicted octanol–water partition coefficient (Wildman–Crippen LogP) is 6.67. The lowest BCUT2D eigenvalue weighted by Crippen LogP contribution is -2.48. The summed E-state index contributed by atoms with van der Waals surface area (Å²) in [5.74, 6) is 0.0650. The van der Waals surface area contributed by atoms with Gasteiger partial charge in [0.25, 0.3) is 5.56 Å². The number of hydrogen-bond donors (Lipinski definition) is 0. The first-order valence-corrected chi connectivity index (χ1v) is 20.8. The van der Waals surface area contributed by atoms with E-state index in [2.05, 4.69) is 11.0 Å². The van der Waals surface area contributed by atoms with E-state index in [1.807, 2.05) is 66.6 Å². The molecule has 0 spiro atoms. The second-order valence-corrected chi connectivity index (χ2v) is 15.9. The number of ether oxygens (including phenoxy) is 3. The lowest BCUT2D eigenvalue weighted by molar-refractivity contribution is -0.146. The molecule has 0 bridgehead atoms. The largest absolute Gasteiger partial charge is 0.465 e. The number of hydrogen-bond acceptors (Lipinski definition) is 8.